The molecular formula is C18H25N5O2. The predicted molar refractivity (Wildman–Crippen MR) is 93.4 cm³/mol. The van der Waals surface area contributed by atoms with Crippen LogP contribution in [0.3, 0.4) is 0 Å². The third-order valence-corrected chi connectivity index (χ3v) is 5.03. The molecule has 4 heterocycles. The monoisotopic (exact) mass is 343 g/mol. The summed E-state index contributed by atoms with van der Waals surface area (Å²) in [4.78, 5) is 11.1. The molecule has 0 amide bonds. The van der Waals surface area contributed by atoms with Crippen molar-refractivity contribution in [2.75, 3.05) is 24.5 Å². The van der Waals surface area contributed by atoms with E-state index < -0.39 is 0 Å². The van der Waals surface area contributed by atoms with Gasteiger partial charge in [0.15, 0.2) is 5.82 Å². The number of aromatic nitrogens is 3. The van der Waals surface area contributed by atoms with Crippen molar-refractivity contribution in [1.29, 1.82) is 0 Å². The topological polar surface area (TPSA) is 76.3 Å². The maximum absolute atomic E-state index is 6.06. The highest BCUT2D eigenvalue weighted by Crippen LogP contribution is 2.31. The van der Waals surface area contributed by atoms with E-state index in [-0.39, 0.29) is 12.2 Å². The lowest BCUT2D eigenvalue weighted by Crippen LogP contribution is -2.44. The van der Waals surface area contributed by atoms with Crippen LogP contribution in [0.5, 0.6) is 0 Å². The first-order valence-corrected chi connectivity index (χ1v) is 9.13. The van der Waals surface area contributed by atoms with E-state index in [9.17, 15) is 0 Å². The second-order valence-electron chi connectivity index (χ2n) is 6.86. The number of nitrogens with zero attached hydrogens (tertiary/aromatic N) is 4. The lowest BCUT2D eigenvalue weighted by molar-refractivity contribution is 0.0249. The van der Waals surface area contributed by atoms with Gasteiger partial charge in [-0.15, -0.1) is 0 Å². The van der Waals surface area contributed by atoms with Crippen molar-refractivity contribution in [3.8, 4) is 0 Å². The summed E-state index contributed by atoms with van der Waals surface area (Å²) in [5, 5.41) is 7.52. The van der Waals surface area contributed by atoms with Crippen molar-refractivity contribution in [3.05, 3.63) is 36.1 Å². The standard InChI is InChI=1S/C18H25N5O2/c1-13-21-18(25-22-13)16-6-5-15(24-16)12-20-14-7-10-23(11-8-14)17-4-2-3-9-19-17/h2-4,9,14-16,20H,5-8,10-12H2,1H3/t15-,16+/m1/s1. The van der Waals surface area contributed by atoms with E-state index in [0.717, 1.165) is 51.1 Å². The Labute approximate surface area is 147 Å². The van der Waals surface area contributed by atoms with Crippen LogP contribution < -0.4 is 10.2 Å². The quantitative estimate of drug-likeness (QED) is 0.892. The molecule has 2 aliphatic rings. The molecule has 7 heteroatoms. The highest BCUT2D eigenvalue weighted by Gasteiger charge is 2.31. The molecule has 25 heavy (non-hydrogen) atoms. The largest absolute Gasteiger partial charge is 0.364 e. The molecule has 0 radical (unpaired) electrons. The minimum atomic E-state index is -0.0426. The molecule has 2 aliphatic heterocycles. The lowest BCUT2D eigenvalue weighted by Gasteiger charge is -2.33. The van der Waals surface area contributed by atoms with Gasteiger partial charge in [-0.25, -0.2) is 4.98 Å². The van der Waals surface area contributed by atoms with Crippen molar-refractivity contribution >= 4 is 5.82 Å². The fourth-order valence-electron chi connectivity index (χ4n) is 3.63. The van der Waals surface area contributed by atoms with Gasteiger partial charge in [0.1, 0.15) is 11.9 Å². The first-order valence-electron chi connectivity index (χ1n) is 9.13. The normalized spacial score (nSPS) is 24.8. The first-order chi connectivity index (χ1) is 12.3. The molecule has 0 aromatic carbocycles. The van der Waals surface area contributed by atoms with Crippen molar-refractivity contribution in [1.82, 2.24) is 20.4 Å². The van der Waals surface area contributed by atoms with Crippen LogP contribution in [0.1, 0.15) is 43.5 Å². The zero-order chi connectivity index (χ0) is 17.1. The molecule has 2 fully saturated rings. The molecule has 0 bridgehead atoms. The van der Waals surface area contributed by atoms with Gasteiger partial charge in [-0.2, -0.15) is 4.98 Å². The first kappa shape index (κ1) is 16.5. The number of pyridine rings is 1. The van der Waals surface area contributed by atoms with Gasteiger partial charge in [-0.05, 0) is 44.7 Å². The van der Waals surface area contributed by atoms with Crippen LogP contribution in [0.25, 0.3) is 0 Å². The molecule has 2 saturated heterocycles. The Morgan fingerprint density at radius 1 is 1.20 bits per heavy atom. The maximum Gasteiger partial charge on any atom is 0.255 e. The Bertz CT molecular complexity index is 669. The van der Waals surface area contributed by atoms with Crippen LogP contribution in [0, 0.1) is 6.92 Å². The lowest BCUT2D eigenvalue weighted by atomic mass is 10.0. The summed E-state index contributed by atoms with van der Waals surface area (Å²) in [6.07, 6.45) is 6.30. The van der Waals surface area contributed by atoms with Crippen molar-refractivity contribution in [2.24, 2.45) is 0 Å². The van der Waals surface area contributed by atoms with E-state index in [0.29, 0.717) is 17.8 Å². The number of hydrogen-bond acceptors (Lipinski definition) is 7. The fourth-order valence-corrected chi connectivity index (χ4v) is 3.63. The zero-order valence-electron chi connectivity index (χ0n) is 14.6. The van der Waals surface area contributed by atoms with E-state index in [1.165, 1.54) is 0 Å². The molecule has 2 aromatic heterocycles. The minimum absolute atomic E-state index is 0.0426. The third kappa shape index (κ3) is 3.99. The Morgan fingerprint density at radius 3 is 2.80 bits per heavy atom. The number of nitrogens with one attached hydrogen (secondary N) is 1. The smallest absolute Gasteiger partial charge is 0.255 e. The van der Waals surface area contributed by atoms with Gasteiger partial charge in [0.2, 0.25) is 0 Å². The summed E-state index contributed by atoms with van der Waals surface area (Å²) in [7, 11) is 0. The van der Waals surface area contributed by atoms with E-state index in [1.807, 2.05) is 25.3 Å². The molecule has 7 nitrogen and oxygen atoms in total. The highest BCUT2D eigenvalue weighted by atomic mass is 16.5. The molecule has 0 spiro atoms. The molecule has 4 rings (SSSR count). The molecule has 0 saturated carbocycles. The summed E-state index contributed by atoms with van der Waals surface area (Å²) in [6.45, 7) is 4.81. The van der Waals surface area contributed by atoms with Crippen LogP contribution >= 0.6 is 0 Å². The predicted octanol–water partition coefficient (Wildman–Crippen LogP) is 2.25. The fraction of sp³-hybridized carbons (Fsp3) is 0.611. The van der Waals surface area contributed by atoms with Crippen molar-refractivity contribution in [2.45, 2.75) is 50.9 Å². The van der Waals surface area contributed by atoms with Crippen LogP contribution in [0.15, 0.2) is 28.9 Å². The van der Waals surface area contributed by atoms with Crippen LogP contribution in [-0.2, 0) is 4.74 Å². The van der Waals surface area contributed by atoms with Gasteiger partial charge in [-0.1, -0.05) is 11.2 Å². The second-order valence-corrected chi connectivity index (χ2v) is 6.86. The minimum Gasteiger partial charge on any atom is -0.364 e. The number of anilines is 1. The molecule has 1 N–H and O–H groups in total. The molecule has 2 atom stereocenters. The van der Waals surface area contributed by atoms with Crippen molar-refractivity contribution < 1.29 is 9.26 Å². The second kappa shape index (κ2) is 7.49. The van der Waals surface area contributed by atoms with Gasteiger partial charge in [-0.3, -0.25) is 0 Å². The molecule has 0 unspecified atom stereocenters. The molecular weight excluding hydrogens is 318 g/mol. The van der Waals surface area contributed by atoms with E-state index in [2.05, 4.69) is 31.4 Å². The summed E-state index contributed by atoms with van der Waals surface area (Å²) in [5.74, 6) is 2.36. The van der Waals surface area contributed by atoms with Gasteiger partial charge in [0.05, 0.1) is 6.10 Å². The average molecular weight is 343 g/mol. The molecule has 134 valence electrons. The van der Waals surface area contributed by atoms with E-state index in [1.54, 1.807) is 0 Å². The summed E-state index contributed by atoms with van der Waals surface area (Å²) in [6, 6.07) is 6.64. The Balaban J connectivity index is 1.20. The van der Waals surface area contributed by atoms with Gasteiger partial charge in [0.25, 0.3) is 5.89 Å². The van der Waals surface area contributed by atoms with Crippen molar-refractivity contribution in [3.63, 3.8) is 0 Å². The molecule has 2 aromatic rings. The van der Waals surface area contributed by atoms with E-state index in [4.69, 9.17) is 9.26 Å². The number of rotatable bonds is 5. The Kier molecular flexibility index (Phi) is 4.94. The van der Waals surface area contributed by atoms with Crippen LogP contribution in [0.4, 0.5) is 5.82 Å². The van der Waals surface area contributed by atoms with Crippen LogP contribution in [0.2, 0.25) is 0 Å². The van der Waals surface area contributed by atoms with Gasteiger partial charge in [0, 0.05) is 31.9 Å². The highest BCUT2D eigenvalue weighted by molar-refractivity contribution is 5.38. The zero-order valence-corrected chi connectivity index (χ0v) is 14.6. The van der Waals surface area contributed by atoms with Crippen LogP contribution in [-0.4, -0.2) is 46.9 Å². The van der Waals surface area contributed by atoms with Gasteiger partial charge >= 0.3 is 0 Å². The summed E-state index contributed by atoms with van der Waals surface area (Å²) >= 11 is 0. The number of piperidine rings is 1. The summed E-state index contributed by atoms with van der Waals surface area (Å²) < 4.78 is 11.3. The van der Waals surface area contributed by atoms with Gasteiger partial charge < -0.3 is 19.5 Å². The average Bonchev–Trinajstić information content (AvgIpc) is 3.30. The SMILES string of the molecule is Cc1noc([C@@H]2CC[C@H](CNC3CCN(c4ccccn4)CC3)O2)n1. The Morgan fingerprint density at radius 2 is 2.08 bits per heavy atom. The number of hydrogen-bond donors (Lipinski definition) is 1. The Hall–Kier alpha value is -1.99. The number of aryl methyl sites for hydroxylation is 1. The van der Waals surface area contributed by atoms with E-state index >= 15 is 0 Å². The third-order valence-electron chi connectivity index (χ3n) is 5.03. The molecule has 0 aliphatic carbocycles. The summed E-state index contributed by atoms with van der Waals surface area (Å²) in [5.41, 5.74) is 0. The maximum atomic E-state index is 6.06. The number of ether oxygens (including phenoxy) is 1.